The standard InChI is InChI=1S/C22H15N/c1-2-7-17(8-3-1)23-15-14-21-20-11-10-16-6-4-5-9-18(16)19(20)12-13-22(21)23/h1-15H. The van der Waals surface area contributed by atoms with Crippen molar-refractivity contribution in [1.82, 2.24) is 4.57 Å². The Kier molecular flexibility index (Phi) is 2.56. The third kappa shape index (κ3) is 1.80. The lowest BCUT2D eigenvalue weighted by atomic mass is 10.00. The highest BCUT2D eigenvalue weighted by molar-refractivity contribution is 6.17. The van der Waals surface area contributed by atoms with Crippen molar-refractivity contribution in [3.8, 4) is 5.69 Å². The summed E-state index contributed by atoms with van der Waals surface area (Å²) in [6.07, 6.45) is 2.16. The van der Waals surface area contributed by atoms with Gasteiger partial charge in [0.15, 0.2) is 0 Å². The Hall–Kier alpha value is -3.06. The molecule has 0 amide bonds. The maximum absolute atomic E-state index is 2.25. The number of rotatable bonds is 1. The van der Waals surface area contributed by atoms with Gasteiger partial charge in [0, 0.05) is 17.3 Å². The van der Waals surface area contributed by atoms with Gasteiger partial charge in [0.1, 0.15) is 0 Å². The molecule has 0 N–H and O–H groups in total. The zero-order valence-electron chi connectivity index (χ0n) is 12.6. The van der Waals surface area contributed by atoms with Crippen LogP contribution in [0.5, 0.6) is 0 Å². The van der Waals surface area contributed by atoms with Gasteiger partial charge in [0.05, 0.1) is 5.52 Å². The second-order valence-electron chi connectivity index (χ2n) is 5.90. The number of benzene rings is 4. The maximum Gasteiger partial charge on any atom is 0.0534 e. The number of hydrogen-bond donors (Lipinski definition) is 0. The van der Waals surface area contributed by atoms with Gasteiger partial charge in [0.25, 0.3) is 0 Å². The van der Waals surface area contributed by atoms with Crippen LogP contribution in [0, 0.1) is 0 Å². The molecule has 5 aromatic rings. The van der Waals surface area contributed by atoms with Crippen LogP contribution in [-0.4, -0.2) is 4.57 Å². The third-order valence-electron chi connectivity index (χ3n) is 4.63. The Labute approximate surface area is 134 Å². The molecule has 23 heavy (non-hydrogen) atoms. The average Bonchev–Trinajstić information content (AvgIpc) is 3.06. The first-order chi connectivity index (χ1) is 11.4. The summed E-state index contributed by atoms with van der Waals surface area (Å²) >= 11 is 0. The minimum absolute atomic E-state index is 1.20. The van der Waals surface area contributed by atoms with Crippen molar-refractivity contribution in [3.05, 3.63) is 91.1 Å². The molecule has 0 unspecified atom stereocenters. The van der Waals surface area contributed by atoms with Gasteiger partial charge in [-0.15, -0.1) is 0 Å². The summed E-state index contributed by atoms with van der Waals surface area (Å²) in [5, 5.41) is 6.55. The van der Waals surface area contributed by atoms with E-state index in [2.05, 4.69) is 95.7 Å². The molecule has 0 spiro atoms. The molecule has 1 heterocycles. The van der Waals surface area contributed by atoms with E-state index < -0.39 is 0 Å². The fourth-order valence-electron chi connectivity index (χ4n) is 3.53. The topological polar surface area (TPSA) is 4.93 Å². The lowest BCUT2D eigenvalue weighted by Crippen LogP contribution is -1.90. The first-order valence-electron chi connectivity index (χ1n) is 7.89. The molecule has 0 saturated heterocycles. The molecular weight excluding hydrogens is 278 g/mol. The van der Waals surface area contributed by atoms with Gasteiger partial charge in [-0.25, -0.2) is 0 Å². The van der Waals surface area contributed by atoms with Crippen LogP contribution in [0.3, 0.4) is 0 Å². The average molecular weight is 293 g/mol. The highest BCUT2D eigenvalue weighted by atomic mass is 15.0. The quantitative estimate of drug-likeness (QED) is 0.337. The van der Waals surface area contributed by atoms with E-state index in [0.717, 1.165) is 0 Å². The zero-order chi connectivity index (χ0) is 15.2. The molecule has 0 aliphatic heterocycles. The molecule has 0 aliphatic carbocycles. The van der Waals surface area contributed by atoms with Crippen LogP contribution in [-0.2, 0) is 0 Å². The van der Waals surface area contributed by atoms with Crippen molar-refractivity contribution in [1.29, 1.82) is 0 Å². The predicted molar refractivity (Wildman–Crippen MR) is 98.3 cm³/mol. The maximum atomic E-state index is 2.25. The van der Waals surface area contributed by atoms with Crippen LogP contribution in [0.1, 0.15) is 0 Å². The molecule has 0 bridgehead atoms. The van der Waals surface area contributed by atoms with Crippen molar-refractivity contribution < 1.29 is 0 Å². The van der Waals surface area contributed by atoms with Crippen molar-refractivity contribution in [2.75, 3.05) is 0 Å². The van der Waals surface area contributed by atoms with Crippen LogP contribution in [0.15, 0.2) is 91.1 Å². The van der Waals surface area contributed by atoms with E-state index in [1.807, 2.05) is 0 Å². The number of nitrogens with zero attached hydrogens (tertiary/aromatic N) is 1. The van der Waals surface area contributed by atoms with E-state index in [-0.39, 0.29) is 0 Å². The highest BCUT2D eigenvalue weighted by Crippen LogP contribution is 2.32. The largest absolute Gasteiger partial charge is 0.317 e. The number of para-hydroxylation sites is 1. The van der Waals surface area contributed by atoms with Gasteiger partial charge in [-0.1, -0.05) is 60.7 Å². The molecule has 1 nitrogen and oxygen atoms in total. The number of aromatic nitrogens is 1. The Balaban J connectivity index is 1.88. The zero-order valence-corrected chi connectivity index (χ0v) is 12.6. The predicted octanol–water partition coefficient (Wildman–Crippen LogP) is 5.94. The Bertz CT molecular complexity index is 1150. The van der Waals surface area contributed by atoms with Gasteiger partial charge in [0.2, 0.25) is 0 Å². The Morgan fingerprint density at radius 1 is 0.478 bits per heavy atom. The molecule has 0 atom stereocenters. The fourth-order valence-corrected chi connectivity index (χ4v) is 3.53. The van der Waals surface area contributed by atoms with E-state index in [0.29, 0.717) is 0 Å². The molecule has 108 valence electrons. The van der Waals surface area contributed by atoms with E-state index in [1.54, 1.807) is 0 Å². The molecule has 0 aliphatic rings. The molecule has 0 saturated carbocycles. The molecule has 4 aromatic carbocycles. The Morgan fingerprint density at radius 2 is 1.22 bits per heavy atom. The van der Waals surface area contributed by atoms with E-state index in [4.69, 9.17) is 0 Å². The minimum atomic E-state index is 1.20. The minimum Gasteiger partial charge on any atom is -0.317 e. The van der Waals surface area contributed by atoms with Crippen LogP contribution >= 0.6 is 0 Å². The van der Waals surface area contributed by atoms with Gasteiger partial charge in [-0.05, 0) is 45.8 Å². The lowest BCUT2D eigenvalue weighted by molar-refractivity contribution is 1.13. The summed E-state index contributed by atoms with van der Waals surface area (Å²) in [4.78, 5) is 0. The summed E-state index contributed by atoms with van der Waals surface area (Å²) < 4.78 is 2.25. The number of fused-ring (bicyclic) bond motifs is 5. The second-order valence-corrected chi connectivity index (χ2v) is 5.90. The monoisotopic (exact) mass is 293 g/mol. The van der Waals surface area contributed by atoms with Gasteiger partial charge >= 0.3 is 0 Å². The first kappa shape index (κ1) is 12.5. The van der Waals surface area contributed by atoms with Gasteiger partial charge in [-0.3, -0.25) is 0 Å². The summed E-state index contributed by atoms with van der Waals surface area (Å²) in [5.41, 5.74) is 2.45. The van der Waals surface area contributed by atoms with Crippen molar-refractivity contribution in [2.24, 2.45) is 0 Å². The molecule has 1 aromatic heterocycles. The molecule has 5 rings (SSSR count). The van der Waals surface area contributed by atoms with Crippen molar-refractivity contribution in [2.45, 2.75) is 0 Å². The van der Waals surface area contributed by atoms with E-state index in [1.165, 1.54) is 38.1 Å². The normalized spacial score (nSPS) is 11.5. The SMILES string of the molecule is c1ccc(-n2ccc3c4ccc5ccccc5c4ccc32)cc1. The summed E-state index contributed by atoms with van der Waals surface area (Å²) in [6.45, 7) is 0. The summed E-state index contributed by atoms with van der Waals surface area (Å²) in [6, 6.07) is 30.3. The van der Waals surface area contributed by atoms with E-state index in [9.17, 15) is 0 Å². The van der Waals surface area contributed by atoms with Crippen LogP contribution in [0.4, 0.5) is 0 Å². The number of hydrogen-bond acceptors (Lipinski definition) is 0. The third-order valence-corrected chi connectivity index (χ3v) is 4.63. The smallest absolute Gasteiger partial charge is 0.0534 e. The van der Waals surface area contributed by atoms with Crippen molar-refractivity contribution >= 4 is 32.4 Å². The Morgan fingerprint density at radius 3 is 2.13 bits per heavy atom. The van der Waals surface area contributed by atoms with Crippen molar-refractivity contribution in [3.63, 3.8) is 0 Å². The molecular formula is C22H15N. The molecule has 0 fully saturated rings. The molecule has 1 heteroatoms. The van der Waals surface area contributed by atoms with Gasteiger partial charge in [-0.2, -0.15) is 0 Å². The van der Waals surface area contributed by atoms with Crippen LogP contribution in [0.25, 0.3) is 38.1 Å². The first-order valence-corrected chi connectivity index (χ1v) is 7.89. The molecule has 0 radical (unpaired) electrons. The second kappa shape index (κ2) is 4.72. The fraction of sp³-hybridized carbons (Fsp3) is 0. The van der Waals surface area contributed by atoms with E-state index >= 15 is 0 Å². The van der Waals surface area contributed by atoms with Crippen LogP contribution in [0.2, 0.25) is 0 Å². The van der Waals surface area contributed by atoms with Crippen LogP contribution < -0.4 is 0 Å². The summed E-state index contributed by atoms with van der Waals surface area (Å²) in [7, 11) is 0. The summed E-state index contributed by atoms with van der Waals surface area (Å²) in [5.74, 6) is 0. The highest BCUT2D eigenvalue weighted by Gasteiger charge is 2.08. The van der Waals surface area contributed by atoms with Gasteiger partial charge < -0.3 is 4.57 Å². The lowest BCUT2D eigenvalue weighted by Gasteiger charge is -2.08.